The van der Waals surface area contributed by atoms with Crippen molar-refractivity contribution in [2.75, 3.05) is 6.61 Å². The zero-order chi connectivity index (χ0) is 12.7. The first-order valence-electron chi connectivity index (χ1n) is 6.36. The minimum Gasteiger partial charge on any atom is -0.396 e. The van der Waals surface area contributed by atoms with Gasteiger partial charge in [-0.3, -0.25) is 4.79 Å². The van der Waals surface area contributed by atoms with Crippen LogP contribution < -0.4 is 0 Å². The molecule has 3 atom stereocenters. The Balaban J connectivity index is 1.76. The summed E-state index contributed by atoms with van der Waals surface area (Å²) in [5.74, 6) is 0.947. The highest BCUT2D eigenvalue weighted by atomic mass is 35.5. The highest BCUT2D eigenvalue weighted by Crippen LogP contribution is 2.51. The van der Waals surface area contributed by atoms with Gasteiger partial charge in [0, 0.05) is 30.1 Å². The summed E-state index contributed by atoms with van der Waals surface area (Å²) < 4.78 is 0. The fourth-order valence-corrected chi connectivity index (χ4v) is 3.27. The number of hydrogen-bond donors (Lipinski definition) is 1. The number of aliphatic hydroxyl groups is 1. The maximum Gasteiger partial charge on any atom is 0.226 e. The monoisotopic (exact) mass is 265 g/mol. The van der Waals surface area contributed by atoms with Gasteiger partial charge in [-0.1, -0.05) is 23.7 Å². The maximum atomic E-state index is 12.1. The van der Waals surface area contributed by atoms with Crippen molar-refractivity contribution in [3.8, 4) is 0 Å². The number of halogens is 1. The van der Waals surface area contributed by atoms with Crippen LogP contribution in [0.5, 0.6) is 0 Å². The summed E-state index contributed by atoms with van der Waals surface area (Å²) in [5.41, 5.74) is 1.06. The summed E-state index contributed by atoms with van der Waals surface area (Å²) in [4.78, 5) is 14.1. The largest absolute Gasteiger partial charge is 0.396 e. The molecule has 0 bridgehead atoms. The highest BCUT2D eigenvalue weighted by molar-refractivity contribution is 6.30. The van der Waals surface area contributed by atoms with Crippen LogP contribution >= 0.6 is 11.6 Å². The average molecular weight is 266 g/mol. The molecule has 0 aromatic heterocycles. The van der Waals surface area contributed by atoms with Crippen LogP contribution in [0.4, 0.5) is 0 Å². The molecule has 18 heavy (non-hydrogen) atoms. The standard InChI is InChI=1S/C14H16ClNO2/c15-10-3-1-2-9(6-10)8-16-13(4-5-17)11-7-12(11)14(16)18/h1-3,6,11-13,17H,4-5,7-8H2/t11-,12+,13-/m1/s1. The SMILES string of the molecule is O=C1[C@H]2C[C@H]2[C@@H](CCO)N1Cc1cccc(Cl)c1. The molecule has 1 aromatic rings. The number of carbonyl (C=O) groups is 1. The van der Waals surface area contributed by atoms with Gasteiger partial charge in [-0.2, -0.15) is 0 Å². The minimum absolute atomic E-state index is 0.146. The summed E-state index contributed by atoms with van der Waals surface area (Å²) in [6.45, 7) is 0.754. The van der Waals surface area contributed by atoms with E-state index in [1.54, 1.807) is 0 Å². The van der Waals surface area contributed by atoms with E-state index < -0.39 is 0 Å². The Morgan fingerprint density at radius 1 is 1.44 bits per heavy atom. The first kappa shape index (κ1) is 12.0. The number of fused-ring (bicyclic) bond motifs is 1. The van der Waals surface area contributed by atoms with Gasteiger partial charge in [-0.05, 0) is 36.5 Å². The third kappa shape index (κ3) is 2.02. The maximum absolute atomic E-state index is 12.1. The summed E-state index contributed by atoms with van der Waals surface area (Å²) in [6, 6.07) is 7.83. The summed E-state index contributed by atoms with van der Waals surface area (Å²) in [6.07, 6.45) is 1.70. The van der Waals surface area contributed by atoms with Gasteiger partial charge in [0.1, 0.15) is 0 Å². The molecule has 3 nitrogen and oxygen atoms in total. The molecule has 1 aromatic carbocycles. The van der Waals surface area contributed by atoms with Gasteiger partial charge in [0.2, 0.25) is 5.91 Å². The molecule has 1 amide bonds. The van der Waals surface area contributed by atoms with E-state index >= 15 is 0 Å². The zero-order valence-corrected chi connectivity index (χ0v) is 10.8. The molecule has 1 saturated carbocycles. The topological polar surface area (TPSA) is 40.5 Å². The van der Waals surface area contributed by atoms with Crippen molar-refractivity contribution >= 4 is 17.5 Å². The van der Waals surface area contributed by atoms with Gasteiger partial charge in [-0.25, -0.2) is 0 Å². The number of amides is 1. The van der Waals surface area contributed by atoms with Crippen molar-refractivity contribution in [1.29, 1.82) is 0 Å². The van der Waals surface area contributed by atoms with Crippen molar-refractivity contribution in [2.24, 2.45) is 11.8 Å². The Labute approximate surface area is 111 Å². The number of benzene rings is 1. The van der Waals surface area contributed by atoms with Gasteiger partial charge in [0.05, 0.1) is 0 Å². The molecule has 2 fully saturated rings. The molecular formula is C14H16ClNO2. The molecule has 3 rings (SSSR count). The molecule has 0 spiro atoms. The van der Waals surface area contributed by atoms with Crippen molar-refractivity contribution in [2.45, 2.75) is 25.4 Å². The number of nitrogens with zero attached hydrogens (tertiary/aromatic N) is 1. The van der Waals surface area contributed by atoms with Crippen LogP contribution in [0.25, 0.3) is 0 Å². The van der Waals surface area contributed by atoms with E-state index in [-0.39, 0.29) is 24.5 Å². The first-order valence-corrected chi connectivity index (χ1v) is 6.74. The molecule has 0 unspecified atom stereocenters. The fourth-order valence-electron chi connectivity index (χ4n) is 3.06. The molecule has 96 valence electrons. The van der Waals surface area contributed by atoms with E-state index in [0.29, 0.717) is 23.9 Å². The lowest BCUT2D eigenvalue weighted by molar-refractivity contribution is -0.132. The Morgan fingerprint density at radius 2 is 2.28 bits per heavy atom. The van der Waals surface area contributed by atoms with Crippen LogP contribution in [0.3, 0.4) is 0 Å². The minimum atomic E-state index is 0.146. The average Bonchev–Trinajstić information content (AvgIpc) is 3.08. The van der Waals surface area contributed by atoms with Gasteiger partial charge in [-0.15, -0.1) is 0 Å². The number of piperidine rings is 1. The van der Waals surface area contributed by atoms with E-state index in [1.165, 1.54) is 0 Å². The molecule has 1 N–H and O–H groups in total. The molecule has 0 radical (unpaired) electrons. The van der Waals surface area contributed by atoms with E-state index in [9.17, 15) is 4.79 Å². The number of aliphatic hydroxyl groups excluding tert-OH is 1. The molecule has 2 aliphatic rings. The predicted octanol–water partition coefficient (Wildman–Crippen LogP) is 2.07. The summed E-state index contributed by atoms with van der Waals surface area (Å²) in [7, 11) is 0. The number of likely N-dealkylation sites (tertiary alicyclic amines) is 1. The van der Waals surface area contributed by atoms with E-state index in [2.05, 4.69) is 0 Å². The van der Waals surface area contributed by atoms with E-state index in [0.717, 1.165) is 12.0 Å². The van der Waals surface area contributed by atoms with Crippen LogP contribution in [0, 0.1) is 11.8 Å². The lowest BCUT2D eigenvalue weighted by Gasteiger charge is -2.27. The third-order valence-corrected chi connectivity index (χ3v) is 4.24. The Bertz CT molecular complexity index is 477. The van der Waals surface area contributed by atoms with E-state index in [1.807, 2.05) is 29.2 Å². The second-order valence-corrected chi connectivity index (χ2v) is 5.62. The molecule has 1 aliphatic heterocycles. The predicted molar refractivity (Wildman–Crippen MR) is 69.1 cm³/mol. The normalized spacial score (nSPS) is 29.6. The smallest absolute Gasteiger partial charge is 0.226 e. The van der Waals surface area contributed by atoms with Gasteiger partial charge < -0.3 is 10.0 Å². The fraction of sp³-hybridized carbons (Fsp3) is 0.500. The molecular weight excluding hydrogens is 250 g/mol. The summed E-state index contributed by atoms with van der Waals surface area (Å²) in [5, 5.41) is 9.82. The van der Waals surface area contributed by atoms with Crippen molar-refractivity contribution in [3.63, 3.8) is 0 Å². The summed E-state index contributed by atoms with van der Waals surface area (Å²) >= 11 is 5.96. The Kier molecular flexibility index (Phi) is 3.04. The Hall–Kier alpha value is -1.06. The van der Waals surface area contributed by atoms with Crippen LogP contribution in [-0.2, 0) is 11.3 Å². The molecule has 1 aliphatic carbocycles. The van der Waals surface area contributed by atoms with Crippen LogP contribution in [0.2, 0.25) is 5.02 Å². The van der Waals surface area contributed by atoms with Crippen LogP contribution in [0.1, 0.15) is 18.4 Å². The zero-order valence-electron chi connectivity index (χ0n) is 10.1. The Morgan fingerprint density at radius 3 is 3.00 bits per heavy atom. The van der Waals surface area contributed by atoms with Crippen molar-refractivity contribution in [3.05, 3.63) is 34.9 Å². The number of rotatable bonds is 4. The van der Waals surface area contributed by atoms with Crippen LogP contribution in [-0.4, -0.2) is 28.6 Å². The second kappa shape index (κ2) is 4.56. The second-order valence-electron chi connectivity index (χ2n) is 5.18. The lowest BCUT2D eigenvalue weighted by atomic mass is 10.1. The van der Waals surface area contributed by atoms with Crippen molar-refractivity contribution < 1.29 is 9.90 Å². The van der Waals surface area contributed by atoms with Crippen LogP contribution in [0.15, 0.2) is 24.3 Å². The number of hydrogen-bond acceptors (Lipinski definition) is 2. The van der Waals surface area contributed by atoms with Crippen molar-refractivity contribution in [1.82, 2.24) is 4.90 Å². The quantitative estimate of drug-likeness (QED) is 0.905. The lowest BCUT2D eigenvalue weighted by Crippen LogP contribution is -2.36. The van der Waals surface area contributed by atoms with Gasteiger partial charge in [0.15, 0.2) is 0 Å². The third-order valence-electron chi connectivity index (χ3n) is 4.00. The van der Waals surface area contributed by atoms with E-state index in [4.69, 9.17) is 16.7 Å². The molecule has 4 heteroatoms. The van der Waals surface area contributed by atoms with Gasteiger partial charge in [0.25, 0.3) is 0 Å². The molecule has 1 heterocycles. The number of carbonyl (C=O) groups excluding carboxylic acids is 1. The first-order chi connectivity index (χ1) is 8.70. The molecule has 1 saturated heterocycles. The highest BCUT2D eigenvalue weighted by Gasteiger charge is 2.57. The van der Waals surface area contributed by atoms with Gasteiger partial charge >= 0.3 is 0 Å².